The summed E-state index contributed by atoms with van der Waals surface area (Å²) in [5, 5.41) is 9.22. The minimum Gasteiger partial charge on any atom is -0.542 e. The minimum absolute atomic E-state index is 0.513. The van der Waals surface area contributed by atoms with Crippen LogP contribution in [0, 0.1) is 11.3 Å². The number of benzene rings is 1. The molecule has 0 N–H and O–H groups in total. The molecule has 1 aromatic carbocycles. The van der Waals surface area contributed by atoms with E-state index in [0.29, 0.717) is 22.2 Å². The normalized spacial score (nSPS) is 12.0. The second-order valence-electron chi connectivity index (χ2n) is 6.03. The summed E-state index contributed by atoms with van der Waals surface area (Å²) in [4.78, 5) is 0. The summed E-state index contributed by atoms with van der Waals surface area (Å²) in [6, 6.07) is 9.81. The van der Waals surface area contributed by atoms with Gasteiger partial charge < -0.3 is 4.43 Å². The summed E-state index contributed by atoms with van der Waals surface area (Å²) >= 11 is 0. The molecule has 2 nitrogen and oxygen atoms in total. The molecule has 0 aliphatic heterocycles. The zero-order valence-electron chi connectivity index (χ0n) is 12.9. The maximum Gasteiger partial charge on any atom is 0.258 e. The van der Waals surface area contributed by atoms with Crippen LogP contribution >= 0.6 is 0 Å². The topological polar surface area (TPSA) is 33.0 Å². The molecule has 19 heavy (non-hydrogen) atoms. The highest BCUT2D eigenvalue weighted by Crippen LogP contribution is 2.43. The highest BCUT2D eigenvalue weighted by Gasteiger charge is 2.47. The zero-order valence-corrected chi connectivity index (χ0v) is 13.9. The molecule has 0 aromatic heterocycles. The molecule has 3 heteroatoms. The standard InChI is InChI=1S/C16H25NOSi/c1-12(2)19(13(3)4,14(5)6)18-16-10-8-7-9-15(16)11-17/h7-10,12-14H,1-6H3. The highest BCUT2D eigenvalue weighted by atomic mass is 28.4. The van der Waals surface area contributed by atoms with Crippen molar-refractivity contribution >= 4 is 8.32 Å². The summed E-state index contributed by atoms with van der Waals surface area (Å²) in [6.07, 6.45) is 0. The molecule has 0 heterocycles. The van der Waals surface area contributed by atoms with E-state index in [0.717, 1.165) is 5.75 Å². The van der Waals surface area contributed by atoms with Gasteiger partial charge in [0.1, 0.15) is 11.8 Å². The van der Waals surface area contributed by atoms with Crippen LogP contribution in [0.4, 0.5) is 0 Å². The third-order valence-corrected chi connectivity index (χ3v) is 9.99. The van der Waals surface area contributed by atoms with E-state index in [1.807, 2.05) is 24.3 Å². The number of hydrogen-bond acceptors (Lipinski definition) is 2. The van der Waals surface area contributed by atoms with Gasteiger partial charge in [-0.05, 0) is 28.8 Å². The monoisotopic (exact) mass is 275 g/mol. The van der Waals surface area contributed by atoms with Crippen LogP contribution in [0.15, 0.2) is 24.3 Å². The summed E-state index contributed by atoms with van der Waals surface area (Å²) in [7, 11) is -1.97. The predicted molar refractivity (Wildman–Crippen MR) is 82.8 cm³/mol. The van der Waals surface area contributed by atoms with Crippen molar-refractivity contribution < 1.29 is 4.43 Å². The Kier molecular flexibility index (Phi) is 5.19. The molecule has 0 unspecified atom stereocenters. The summed E-state index contributed by atoms with van der Waals surface area (Å²) in [5.41, 5.74) is 2.18. The van der Waals surface area contributed by atoms with E-state index in [9.17, 15) is 5.26 Å². The van der Waals surface area contributed by atoms with Crippen LogP contribution in [0.5, 0.6) is 5.75 Å². The fraction of sp³-hybridized carbons (Fsp3) is 0.562. The Morgan fingerprint density at radius 1 is 0.947 bits per heavy atom. The van der Waals surface area contributed by atoms with E-state index < -0.39 is 8.32 Å². The first-order chi connectivity index (χ1) is 8.86. The Hall–Kier alpha value is -1.27. The quantitative estimate of drug-likeness (QED) is 0.699. The first-order valence-electron chi connectivity index (χ1n) is 7.04. The number of rotatable bonds is 5. The van der Waals surface area contributed by atoms with Gasteiger partial charge in [-0.25, -0.2) is 0 Å². The van der Waals surface area contributed by atoms with Gasteiger partial charge in [-0.15, -0.1) is 0 Å². The molecule has 0 bridgehead atoms. The zero-order chi connectivity index (χ0) is 14.6. The number of nitrogens with zero attached hydrogens (tertiary/aromatic N) is 1. The lowest BCUT2D eigenvalue weighted by Gasteiger charge is -2.42. The smallest absolute Gasteiger partial charge is 0.258 e. The van der Waals surface area contributed by atoms with E-state index in [-0.39, 0.29) is 0 Å². The van der Waals surface area contributed by atoms with Crippen LogP contribution in [-0.4, -0.2) is 8.32 Å². The fourth-order valence-electron chi connectivity index (χ4n) is 3.19. The maximum absolute atomic E-state index is 9.22. The summed E-state index contributed by atoms with van der Waals surface area (Å²) in [6.45, 7) is 13.5. The summed E-state index contributed by atoms with van der Waals surface area (Å²) in [5.74, 6) is 0.757. The molecule has 0 atom stereocenters. The van der Waals surface area contributed by atoms with Crippen LogP contribution in [-0.2, 0) is 0 Å². The van der Waals surface area contributed by atoms with Crippen molar-refractivity contribution in [2.75, 3.05) is 0 Å². The van der Waals surface area contributed by atoms with Crippen molar-refractivity contribution in [2.24, 2.45) is 0 Å². The Morgan fingerprint density at radius 3 is 1.84 bits per heavy atom. The van der Waals surface area contributed by atoms with Gasteiger partial charge in [0.2, 0.25) is 0 Å². The van der Waals surface area contributed by atoms with Crippen molar-refractivity contribution in [3.8, 4) is 11.8 Å². The average Bonchev–Trinajstić information content (AvgIpc) is 2.34. The third-order valence-electron chi connectivity index (χ3n) is 4.00. The molecule has 0 saturated heterocycles. The maximum atomic E-state index is 9.22. The lowest BCUT2D eigenvalue weighted by molar-refractivity contribution is 0.478. The number of nitriles is 1. The SMILES string of the molecule is CC(C)[Si](Oc1ccccc1C#N)(C(C)C)C(C)C. The van der Waals surface area contributed by atoms with Crippen LogP contribution in [0.1, 0.15) is 47.1 Å². The van der Waals surface area contributed by atoms with Gasteiger partial charge in [-0.1, -0.05) is 53.7 Å². The summed E-state index contributed by atoms with van der Waals surface area (Å²) < 4.78 is 6.52. The van der Waals surface area contributed by atoms with Gasteiger partial charge in [0, 0.05) is 0 Å². The number of hydrogen-bond donors (Lipinski definition) is 0. The van der Waals surface area contributed by atoms with Crippen molar-refractivity contribution in [1.82, 2.24) is 0 Å². The van der Waals surface area contributed by atoms with E-state index in [4.69, 9.17) is 4.43 Å². The molecule has 0 saturated carbocycles. The molecule has 1 aromatic rings. The number of para-hydroxylation sites is 1. The van der Waals surface area contributed by atoms with Crippen molar-refractivity contribution in [3.05, 3.63) is 29.8 Å². The lowest BCUT2D eigenvalue weighted by Crippen LogP contribution is -2.50. The predicted octanol–water partition coefficient (Wildman–Crippen LogP) is 5.11. The molecule has 0 aliphatic rings. The van der Waals surface area contributed by atoms with Crippen LogP contribution in [0.2, 0.25) is 16.6 Å². The Morgan fingerprint density at radius 2 is 1.42 bits per heavy atom. The molecule has 0 fully saturated rings. The molecule has 0 radical (unpaired) electrons. The van der Waals surface area contributed by atoms with Gasteiger partial charge in [-0.3, -0.25) is 0 Å². The molecule has 1 rings (SSSR count). The largest absolute Gasteiger partial charge is 0.542 e. The first-order valence-corrected chi connectivity index (χ1v) is 9.18. The second kappa shape index (κ2) is 6.25. The minimum atomic E-state index is -1.97. The van der Waals surface area contributed by atoms with Gasteiger partial charge >= 0.3 is 0 Å². The van der Waals surface area contributed by atoms with Crippen LogP contribution in [0.25, 0.3) is 0 Å². The Labute approximate surface area is 118 Å². The molecular formula is C16H25NOSi. The van der Waals surface area contributed by atoms with Gasteiger partial charge in [-0.2, -0.15) is 5.26 Å². The fourth-order valence-corrected chi connectivity index (χ4v) is 8.46. The first kappa shape index (κ1) is 15.8. The van der Waals surface area contributed by atoms with Crippen molar-refractivity contribution in [2.45, 2.75) is 58.2 Å². The average molecular weight is 275 g/mol. The van der Waals surface area contributed by atoms with E-state index in [1.54, 1.807) is 0 Å². The van der Waals surface area contributed by atoms with E-state index in [2.05, 4.69) is 47.6 Å². The van der Waals surface area contributed by atoms with Crippen molar-refractivity contribution in [1.29, 1.82) is 5.26 Å². The van der Waals surface area contributed by atoms with Gasteiger partial charge in [0.25, 0.3) is 8.32 Å². The van der Waals surface area contributed by atoms with E-state index >= 15 is 0 Å². The Bertz CT molecular complexity index is 438. The Balaban J connectivity index is 3.26. The molecular weight excluding hydrogens is 250 g/mol. The van der Waals surface area contributed by atoms with Crippen molar-refractivity contribution in [3.63, 3.8) is 0 Å². The van der Waals surface area contributed by atoms with Gasteiger partial charge in [0.05, 0.1) is 5.56 Å². The lowest BCUT2D eigenvalue weighted by atomic mass is 10.2. The van der Waals surface area contributed by atoms with Gasteiger partial charge in [0.15, 0.2) is 0 Å². The molecule has 0 spiro atoms. The molecule has 0 amide bonds. The van der Waals surface area contributed by atoms with E-state index in [1.165, 1.54) is 0 Å². The molecule has 0 aliphatic carbocycles. The third kappa shape index (κ3) is 3.01. The highest BCUT2D eigenvalue weighted by molar-refractivity contribution is 6.78. The second-order valence-corrected chi connectivity index (χ2v) is 11.4. The van der Waals surface area contributed by atoms with Crippen LogP contribution in [0.3, 0.4) is 0 Å². The molecule has 104 valence electrons. The van der Waals surface area contributed by atoms with Crippen LogP contribution < -0.4 is 4.43 Å².